The molecule has 0 radical (unpaired) electrons. The van der Waals surface area contributed by atoms with Crippen LogP contribution in [0.5, 0.6) is 0 Å². The van der Waals surface area contributed by atoms with Gasteiger partial charge in [0.2, 0.25) is 5.91 Å². The second-order valence-electron chi connectivity index (χ2n) is 6.46. The van der Waals surface area contributed by atoms with E-state index in [1.165, 1.54) is 12.0 Å². The third-order valence-electron chi connectivity index (χ3n) is 4.92. The van der Waals surface area contributed by atoms with Crippen molar-refractivity contribution in [3.63, 3.8) is 0 Å². The summed E-state index contributed by atoms with van der Waals surface area (Å²) >= 11 is 0. The van der Waals surface area contributed by atoms with Crippen LogP contribution in [0, 0.1) is 12.8 Å². The number of piperidine rings is 1. The van der Waals surface area contributed by atoms with Gasteiger partial charge in [0, 0.05) is 0 Å². The van der Waals surface area contributed by atoms with Crippen molar-refractivity contribution in [1.82, 2.24) is 4.90 Å². The molecule has 0 spiro atoms. The highest BCUT2D eigenvalue weighted by Crippen LogP contribution is 2.29. The minimum absolute atomic E-state index is 0.105. The standard InChI is InChI=1S/C18H22N2O4/c1-12-3-5-14(6-4-12)20-16(21)11-15(17(20)22)19-9-7-13(8-10-19)18(23)24-2/h3-6,13,15H,7-11H2,1-2H3/t15-/m0/s1. The van der Waals surface area contributed by atoms with E-state index in [0.717, 1.165) is 5.56 Å². The smallest absolute Gasteiger partial charge is 0.308 e. The summed E-state index contributed by atoms with van der Waals surface area (Å²) in [4.78, 5) is 40.0. The van der Waals surface area contributed by atoms with Gasteiger partial charge in [-0.1, -0.05) is 17.7 Å². The van der Waals surface area contributed by atoms with Crippen LogP contribution in [0.3, 0.4) is 0 Å². The van der Waals surface area contributed by atoms with Gasteiger partial charge >= 0.3 is 5.97 Å². The summed E-state index contributed by atoms with van der Waals surface area (Å²) in [5.74, 6) is -0.624. The molecule has 0 aromatic heterocycles. The lowest BCUT2D eigenvalue weighted by atomic mass is 9.95. The maximum Gasteiger partial charge on any atom is 0.308 e. The number of imide groups is 1. The Bertz CT molecular complexity index is 647. The number of anilines is 1. The molecule has 1 atom stereocenters. The van der Waals surface area contributed by atoms with Crippen LogP contribution in [0.25, 0.3) is 0 Å². The van der Waals surface area contributed by atoms with E-state index < -0.39 is 6.04 Å². The molecule has 2 fully saturated rings. The summed E-state index contributed by atoms with van der Waals surface area (Å²) in [6.45, 7) is 3.22. The van der Waals surface area contributed by atoms with Crippen molar-refractivity contribution in [1.29, 1.82) is 0 Å². The van der Waals surface area contributed by atoms with Crippen LogP contribution in [-0.2, 0) is 19.1 Å². The Kier molecular flexibility index (Phi) is 4.66. The fourth-order valence-corrected chi connectivity index (χ4v) is 3.48. The number of hydrogen-bond donors (Lipinski definition) is 0. The Balaban J connectivity index is 1.68. The number of amides is 2. The first-order valence-corrected chi connectivity index (χ1v) is 8.26. The molecule has 2 aliphatic rings. The first-order valence-electron chi connectivity index (χ1n) is 8.26. The number of ether oxygens (including phenoxy) is 1. The Morgan fingerprint density at radius 2 is 1.75 bits per heavy atom. The van der Waals surface area contributed by atoms with Crippen molar-refractivity contribution in [2.75, 3.05) is 25.1 Å². The molecule has 1 aromatic carbocycles. The summed E-state index contributed by atoms with van der Waals surface area (Å²) in [5, 5.41) is 0. The van der Waals surface area contributed by atoms with Crippen LogP contribution in [0.15, 0.2) is 24.3 Å². The van der Waals surface area contributed by atoms with Crippen molar-refractivity contribution in [2.45, 2.75) is 32.2 Å². The highest BCUT2D eigenvalue weighted by Gasteiger charge is 2.43. The van der Waals surface area contributed by atoms with Crippen LogP contribution in [-0.4, -0.2) is 48.9 Å². The quantitative estimate of drug-likeness (QED) is 0.621. The van der Waals surface area contributed by atoms with Crippen LogP contribution >= 0.6 is 0 Å². The third kappa shape index (κ3) is 3.06. The second kappa shape index (κ2) is 6.73. The van der Waals surface area contributed by atoms with E-state index in [0.29, 0.717) is 31.6 Å². The zero-order chi connectivity index (χ0) is 17.3. The van der Waals surface area contributed by atoms with E-state index in [1.54, 1.807) is 12.1 Å². The van der Waals surface area contributed by atoms with E-state index >= 15 is 0 Å². The fourth-order valence-electron chi connectivity index (χ4n) is 3.48. The minimum atomic E-state index is -0.419. The van der Waals surface area contributed by atoms with E-state index in [1.807, 2.05) is 24.0 Å². The fraction of sp³-hybridized carbons (Fsp3) is 0.500. The number of likely N-dealkylation sites (tertiary alicyclic amines) is 1. The minimum Gasteiger partial charge on any atom is -0.469 e. The van der Waals surface area contributed by atoms with Gasteiger partial charge in [-0.15, -0.1) is 0 Å². The summed E-state index contributed by atoms with van der Waals surface area (Å²) in [6.07, 6.45) is 1.53. The number of rotatable bonds is 3. The van der Waals surface area contributed by atoms with E-state index in [4.69, 9.17) is 4.74 Å². The monoisotopic (exact) mass is 330 g/mol. The van der Waals surface area contributed by atoms with Crippen molar-refractivity contribution in [3.8, 4) is 0 Å². The largest absolute Gasteiger partial charge is 0.469 e. The molecule has 0 bridgehead atoms. The van der Waals surface area contributed by atoms with Gasteiger partial charge < -0.3 is 4.74 Å². The van der Waals surface area contributed by atoms with E-state index in [9.17, 15) is 14.4 Å². The zero-order valence-electron chi connectivity index (χ0n) is 14.0. The van der Waals surface area contributed by atoms with E-state index in [-0.39, 0.29) is 30.1 Å². The Labute approximate surface area is 141 Å². The molecule has 24 heavy (non-hydrogen) atoms. The molecule has 2 aliphatic heterocycles. The number of carbonyl (C=O) groups excluding carboxylic acids is 3. The van der Waals surface area contributed by atoms with Gasteiger partial charge in [0.1, 0.15) is 0 Å². The van der Waals surface area contributed by atoms with Gasteiger partial charge in [0.15, 0.2) is 0 Å². The first kappa shape index (κ1) is 16.6. The Hall–Kier alpha value is -2.21. The predicted molar refractivity (Wildman–Crippen MR) is 88.4 cm³/mol. The molecule has 128 valence electrons. The molecule has 0 saturated carbocycles. The number of esters is 1. The van der Waals surface area contributed by atoms with Gasteiger partial charge in [0.25, 0.3) is 5.91 Å². The Morgan fingerprint density at radius 3 is 2.33 bits per heavy atom. The zero-order valence-corrected chi connectivity index (χ0v) is 14.0. The van der Waals surface area contributed by atoms with Crippen LogP contribution in [0.4, 0.5) is 5.69 Å². The number of hydrogen-bond acceptors (Lipinski definition) is 5. The molecular weight excluding hydrogens is 308 g/mol. The molecule has 1 aromatic rings. The topological polar surface area (TPSA) is 66.9 Å². The molecule has 6 heteroatoms. The lowest BCUT2D eigenvalue weighted by Gasteiger charge is -2.33. The predicted octanol–water partition coefficient (Wildman–Crippen LogP) is 1.51. The lowest BCUT2D eigenvalue weighted by Crippen LogP contribution is -2.46. The highest BCUT2D eigenvalue weighted by molar-refractivity contribution is 6.22. The normalized spacial score (nSPS) is 22.9. The molecule has 0 unspecified atom stereocenters. The summed E-state index contributed by atoms with van der Waals surface area (Å²) < 4.78 is 4.79. The lowest BCUT2D eigenvalue weighted by molar-refractivity contribution is -0.147. The van der Waals surface area contributed by atoms with Gasteiger partial charge in [-0.3, -0.25) is 19.3 Å². The van der Waals surface area contributed by atoms with Gasteiger partial charge in [-0.2, -0.15) is 0 Å². The van der Waals surface area contributed by atoms with Crippen molar-refractivity contribution in [2.24, 2.45) is 5.92 Å². The molecule has 0 N–H and O–H groups in total. The molecular formula is C18H22N2O4. The Morgan fingerprint density at radius 1 is 1.12 bits per heavy atom. The number of carbonyl (C=O) groups is 3. The average Bonchev–Trinajstić information content (AvgIpc) is 2.90. The average molecular weight is 330 g/mol. The number of benzene rings is 1. The third-order valence-corrected chi connectivity index (χ3v) is 4.92. The molecule has 2 heterocycles. The van der Waals surface area contributed by atoms with Crippen molar-refractivity contribution >= 4 is 23.5 Å². The maximum atomic E-state index is 12.7. The first-order chi connectivity index (χ1) is 11.5. The summed E-state index contributed by atoms with van der Waals surface area (Å²) in [7, 11) is 1.40. The second-order valence-corrected chi connectivity index (χ2v) is 6.46. The molecule has 0 aliphatic carbocycles. The maximum absolute atomic E-state index is 12.7. The molecule has 6 nitrogen and oxygen atoms in total. The number of nitrogens with zero attached hydrogens (tertiary/aromatic N) is 2. The van der Waals surface area contributed by atoms with Gasteiger partial charge in [0.05, 0.1) is 31.2 Å². The van der Waals surface area contributed by atoms with Crippen LogP contribution < -0.4 is 4.90 Å². The summed E-state index contributed by atoms with van der Waals surface area (Å²) in [5.41, 5.74) is 1.71. The van der Waals surface area contributed by atoms with Crippen molar-refractivity contribution in [3.05, 3.63) is 29.8 Å². The summed E-state index contributed by atoms with van der Waals surface area (Å²) in [6, 6.07) is 6.97. The van der Waals surface area contributed by atoms with Crippen LogP contribution in [0.1, 0.15) is 24.8 Å². The molecule has 3 rings (SSSR count). The van der Waals surface area contributed by atoms with Gasteiger partial charge in [-0.05, 0) is 45.0 Å². The highest BCUT2D eigenvalue weighted by atomic mass is 16.5. The van der Waals surface area contributed by atoms with Crippen molar-refractivity contribution < 1.29 is 19.1 Å². The molecule has 2 saturated heterocycles. The van der Waals surface area contributed by atoms with Gasteiger partial charge in [-0.25, -0.2) is 4.90 Å². The number of methoxy groups -OCH3 is 1. The number of aryl methyl sites for hydroxylation is 1. The van der Waals surface area contributed by atoms with E-state index in [2.05, 4.69) is 0 Å². The SMILES string of the molecule is COC(=O)C1CCN([C@H]2CC(=O)N(c3ccc(C)cc3)C2=O)CC1. The molecule has 2 amide bonds. The van der Waals surface area contributed by atoms with Crippen LogP contribution in [0.2, 0.25) is 0 Å².